The number of hydrogen-bond acceptors (Lipinski definition) is 0. The van der Waals surface area contributed by atoms with Gasteiger partial charge < -0.3 is 0 Å². The zero-order chi connectivity index (χ0) is 11.6. The Kier molecular flexibility index (Phi) is 3.12. The van der Waals surface area contributed by atoms with Crippen LogP contribution in [-0.2, 0) is 4.80 Å². The highest BCUT2D eigenvalue weighted by molar-refractivity contribution is 6.86. The quantitative estimate of drug-likeness (QED) is 0.718. The van der Waals surface area contributed by atoms with Crippen LogP contribution in [0.15, 0.2) is 42.5 Å². The molecule has 2 aromatic rings. The average Bonchev–Trinajstić information content (AvgIpc) is 2.37. The van der Waals surface area contributed by atoms with Crippen LogP contribution in [0.1, 0.15) is 13.8 Å². The lowest BCUT2D eigenvalue weighted by molar-refractivity contribution is 0.430. The highest BCUT2D eigenvalue weighted by Gasteiger charge is 2.33. The molecule has 0 aliphatic carbocycles. The maximum absolute atomic E-state index is 12.8. The van der Waals surface area contributed by atoms with Gasteiger partial charge in [-0.25, -0.2) is 0 Å². The van der Waals surface area contributed by atoms with Crippen LogP contribution in [0.5, 0.6) is 0 Å². The molecule has 2 heteroatoms. The molecule has 0 N–H and O–H groups in total. The molecule has 1 nitrogen and oxygen atoms in total. The van der Waals surface area contributed by atoms with E-state index in [2.05, 4.69) is 18.2 Å². The standard InChI is InChI=1S/C14H17OSi/c1-3-16(15,4-2)14-11-7-9-12-8-5-6-10-13(12)14/h5-11H,3-4H2,1-2H3. The van der Waals surface area contributed by atoms with Gasteiger partial charge in [-0.1, -0.05) is 56.3 Å². The van der Waals surface area contributed by atoms with Crippen molar-refractivity contribution in [3.8, 4) is 0 Å². The lowest BCUT2D eigenvalue weighted by Gasteiger charge is -2.21. The van der Waals surface area contributed by atoms with Crippen molar-refractivity contribution in [2.45, 2.75) is 25.9 Å². The zero-order valence-corrected chi connectivity index (χ0v) is 10.9. The third-order valence-electron chi connectivity index (χ3n) is 3.42. The van der Waals surface area contributed by atoms with Crippen LogP contribution in [0.4, 0.5) is 0 Å². The Morgan fingerprint density at radius 1 is 0.938 bits per heavy atom. The topological polar surface area (TPSA) is 19.9 Å². The molecule has 2 aromatic carbocycles. The van der Waals surface area contributed by atoms with E-state index in [1.807, 2.05) is 38.1 Å². The van der Waals surface area contributed by atoms with Gasteiger partial charge >= 0.3 is 0 Å². The summed E-state index contributed by atoms with van der Waals surface area (Å²) in [6.07, 6.45) is 0. The van der Waals surface area contributed by atoms with E-state index in [0.717, 1.165) is 22.7 Å². The first-order chi connectivity index (χ1) is 7.71. The van der Waals surface area contributed by atoms with Crippen LogP contribution in [0.3, 0.4) is 0 Å². The van der Waals surface area contributed by atoms with Gasteiger partial charge in [0.25, 0.3) is 8.32 Å². The summed E-state index contributed by atoms with van der Waals surface area (Å²) >= 11 is 0. The molecule has 2 rings (SSSR count). The van der Waals surface area contributed by atoms with Gasteiger partial charge in [-0.05, 0) is 28.0 Å². The number of fused-ring (bicyclic) bond motifs is 1. The van der Waals surface area contributed by atoms with Gasteiger partial charge in [0, 0.05) is 0 Å². The van der Waals surface area contributed by atoms with Crippen molar-refractivity contribution in [3.63, 3.8) is 0 Å². The number of rotatable bonds is 3. The van der Waals surface area contributed by atoms with Gasteiger partial charge in [0.05, 0.1) is 0 Å². The summed E-state index contributed by atoms with van der Waals surface area (Å²) in [4.78, 5) is 12.8. The van der Waals surface area contributed by atoms with Crippen LogP contribution in [0.25, 0.3) is 10.8 Å². The van der Waals surface area contributed by atoms with Crippen molar-refractivity contribution in [1.29, 1.82) is 0 Å². The zero-order valence-electron chi connectivity index (χ0n) is 9.86. The first kappa shape index (κ1) is 11.4. The maximum Gasteiger partial charge on any atom is 0.268 e. The summed E-state index contributed by atoms with van der Waals surface area (Å²) in [7, 11) is -2.49. The van der Waals surface area contributed by atoms with E-state index in [1.165, 1.54) is 5.39 Å². The Labute approximate surface area is 97.9 Å². The first-order valence-electron chi connectivity index (χ1n) is 5.90. The SMILES string of the molecule is CC[Si]([O])(CC)c1cccc2ccccc12. The highest BCUT2D eigenvalue weighted by atomic mass is 28.4. The van der Waals surface area contributed by atoms with Gasteiger partial charge in [-0.3, -0.25) is 4.80 Å². The van der Waals surface area contributed by atoms with Crippen molar-refractivity contribution in [3.05, 3.63) is 42.5 Å². The summed E-state index contributed by atoms with van der Waals surface area (Å²) in [5.41, 5.74) is 0. The van der Waals surface area contributed by atoms with Crippen molar-refractivity contribution < 1.29 is 4.80 Å². The van der Waals surface area contributed by atoms with Crippen molar-refractivity contribution >= 4 is 24.3 Å². The Morgan fingerprint density at radius 3 is 2.25 bits per heavy atom. The molecule has 0 bridgehead atoms. The molecule has 0 saturated heterocycles. The smallest absolute Gasteiger partial charge is 0.268 e. The second-order valence-corrected chi connectivity index (χ2v) is 8.17. The fraction of sp³-hybridized carbons (Fsp3) is 0.286. The first-order valence-corrected chi connectivity index (χ1v) is 8.22. The molecular formula is C14H17OSi. The Bertz CT molecular complexity index is 484. The van der Waals surface area contributed by atoms with Crippen LogP contribution in [0, 0.1) is 0 Å². The molecular weight excluding hydrogens is 212 g/mol. The normalized spacial score (nSPS) is 11.9. The Hall–Kier alpha value is -1.12. The minimum atomic E-state index is -2.49. The second-order valence-electron chi connectivity index (χ2n) is 4.23. The molecule has 0 aliphatic rings. The van der Waals surface area contributed by atoms with Crippen LogP contribution >= 0.6 is 0 Å². The molecule has 1 radical (unpaired) electrons. The van der Waals surface area contributed by atoms with E-state index in [4.69, 9.17) is 0 Å². The van der Waals surface area contributed by atoms with Crippen molar-refractivity contribution in [2.75, 3.05) is 0 Å². The van der Waals surface area contributed by atoms with Crippen molar-refractivity contribution in [1.82, 2.24) is 0 Å². The fourth-order valence-electron chi connectivity index (χ4n) is 2.25. The van der Waals surface area contributed by atoms with Crippen LogP contribution < -0.4 is 5.19 Å². The summed E-state index contributed by atoms with van der Waals surface area (Å²) in [5, 5.41) is 3.43. The third kappa shape index (κ3) is 1.79. The summed E-state index contributed by atoms with van der Waals surface area (Å²) < 4.78 is 0. The molecule has 0 unspecified atom stereocenters. The fourth-order valence-corrected chi connectivity index (χ4v) is 4.63. The Balaban J connectivity index is 2.69. The predicted octanol–water partition coefficient (Wildman–Crippen LogP) is 3.46. The van der Waals surface area contributed by atoms with E-state index in [0.29, 0.717) is 0 Å². The minimum Gasteiger partial charge on any atom is -0.291 e. The molecule has 0 amide bonds. The largest absolute Gasteiger partial charge is 0.291 e. The van der Waals surface area contributed by atoms with E-state index in [9.17, 15) is 4.80 Å². The van der Waals surface area contributed by atoms with Crippen molar-refractivity contribution in [2.24, 2.45) is 0 Å². The van der Waals surface area contributed by atoms with E-state index >= 15 is 0 Å². The van der Waals surface area contributed by atoms with Gasteiger partial charge in [0.2, 0.25) is 0 Å². The summed E-state index contributed by atoms with van der Waals surface area (Å²) in [6.45, 7) is 4.06. The van der Waals surface area contributed by atoms with E-state index < -0.39 is 8.32 Å². The van der Waals surface area contributed by atoms with E-state index in [1.54, 1.807) is 0 Å². The van der Waals surface area contributed by atoms with Gasteiger partial charge in [-0.2, -0.15) is 0 Å². The lowest BCUT2D eigenvalue weighted by Crippen LogP contribution is -2.45. The number of hydrogen-bond donors (Lipinski definition) is 0. The predicted molar refractivity (Wildman–Crippen MR) is 71.0 cm³/mol. The average molecular weight is 229 g/mol. The molecule has 0 heterocycles. The number of benzene rings is 2. The molecule has 0 aromatic heterocycles. The van der Waals surface area contributed by atoms with E-state index in [-0.39, 0.29) is 0 Å². The summed E-state index contributed by atoms with van der Waals surface area (Å²) in [5.74, 6) is 0. The lowest BCUT2D eigenvalue weighted by atomic mass is 10.1. The maximum atomic E-state index is 12.8. The molecule has 83 valence electrons. The molecule has 0 atom stereocenters. The van der Waals surface area contributed by atoms with Crippen LogP contribution in [0.2, 0.25) is 12.1 Å². The molecule has 0 aliphatic heterocycles. The van der Waals surface area contributed by atoms with Gasteiger partial charge in [0.1, 0.15) is 0 Å². The van der Waals surface area contributed by atoms with Gasteiger partial charge in [0.15, 0.2) is 0 Å². The summed E-state index contributed by atoms with van der Waals surface area (Å²) in [6, 6.07) is 15.9. The Morgan fingerprint density at radius 2 is 1.56 bits per heavy atom. The van der Waals surface area contributed by atoms with Crippen LogP contribution in [-0.4, -0.2) is 8.32 Å². The van der Waals surface area contributed by atoms with Gasteiger partial charge in [-0.15, -0.1) is 0 Å². The minimum absolute atomic E-state index is 0.775. The molecule has 0 saturated carbocycles. The molecule has 0 spiro atoms. The molecule has 16 heavy (non-hydrogen) atoms. The highest BCUT2D eigenvalue weighted by Crippen LogP contribution is 2.19. The second kappa shape index (κ2) is 4.40. The molecule has 0 fully saturated rings. The third-order valence-corrected chi connectivity index (χ3v) is 7.12. The monoisotopic (exact) mass is 229 g/mol.